The third-order valence-electron chi connectivity index (χ3n) is 8.93. The van der Waals surface area contributed by atoms with Crippen LogP contribution in [0.5, 0.6) is 0 Å². The molecule has 0 radical (unpaired) electrons. The fourth-order valence-corrected chi connectivity index (χ4v) is 6.20. The molecule has 11 aromatic rings. The smallest absolute Gasteiger partial charge is 0.0651 e. The minimum atomic E-state index is -1.52. The molecular formula is C60H42N2. The third-order valence-corrected chi connectivity index (χ3v) is 8.93. The summed E-state index contributed by atoms with van der Waals surface area (Å²) in [6.07, 6.45) is 0. The molecular weight excluding hydrogens is 749 g/mol. The van der Waals surface area contributed by atoms with E-state index in [-0.39, 0.29) is 4.90 Å². The van der Waals surface area contributed by atoms with Crippen molar-refractivity contribution in [2.45, 2.75) is 0 Å². The van der Waals surface area contributed by atoms with Crippen molar-refractivity contribution < 1.29 is 57.6 Å². The highest BCUT2D eigenvalue weighted by atomic mass is 15.1. The van der Waals surface area contributed by atoms with E-state index in [0.29, 0.717) is 4.57 Å². The molecule has 0 saturated carbocycles. The van der Waals surface area contributed by atoms with Gasteiger partial charge in [0, 0.05) is 33.4 Å². The number of para-hydroxylation sites is 2. The predicted octanol–water partition coefficient (Wildman–Crippen LogP) is 16.6. The third kappa shape index (κ3) is 6.94. The molecule has 2 heteroatoms. The van der Waals surface area contributed by atoms with Gasteiger partial charge in [0.1, 0.15) is 0 Å². The molecule has 0 atom stereocenters. The predicted molar refractivity (Wildman–Crippen MR) is 263 cm³/mol. The molecule has 11 rings (SSSR count). The highest BCUT2D eigenvalue weighted by Gasteiger charge is 2.19. The van der Waals surface area contributed by atoms with Crippen molar-refractivity contribution in [3.05, 3.63) is 254 Å². The van der Waals surface area contributed by atoms with Crippen LogP contribution in [0.3, 0.4) is 0 Å². The van der Waals surface area contributed by atoms with E-state index in [4.69, 9.17) is 28.8 Å². The van der Waals surface area contributed by atoms with Gasteiger partial charge in [0.05, 0.1) is 74.3 Å². The van der Waals surface area contributed by atoms with E-state index >= 15 is 0 Å². The molecule has 10 aromatic carbocycles. The first-order valence-electron chi connectivity index (χ1n) is 38.8. The molecule has 1 heterocycles. The van der Waals surface area contributed by atoms with Crippen LogP contribution >= 0.6 is 0 Å². The highest BCUT2D eigenvalue weighted by molar-refractivity contribution is 6.10. The van der Waals surface area contributed by atoms with Gasteiger partial charge in [-0.3, -0.25) is 0 Å². The van der Waals surface area contributed by atoms with E-state index < -0.39 is 354 Å². The molecule has 0 spiro atoms. The number of fused-ring (bicyclic) bond motifs is 3. The maximum Gasteiger partial charge on any atom is 0.0651 e. The Bertz CT molecular complexity index is 5660. The average Bonchev–Trinajstić information content (AvgIpc) is 1.63. The first-order chi connectivity index (χ1) is 48.2. The lowest BCUT2D eigenvalue weighted by Crippen LogP contribution is -2.11. The minimum absolute atomic E-state index is 0.157. The Morgan fingerprint density at radius 1 is 0.290 bits per heavy atom. The zero-order chi connectivity index (χ0) is 77.8. The Morgan fingerprint density at radius 2 is 0.710 bits per heavy atom. The largest absolute Gasteiger partial charge is 0.310 e. The number of hydrogen-bond donors (Lipinski definition) is 0. The molecule has 62 heavy (non-hydrogen) atoms. The Morgan fingerprint density at radius 3 is 1.34 bits per heavy atom. The minimum Gasteiger partial charge on any atom is -0.310 e. The lowest BCUT2D eigenvalue weighted by atomic mass is 9.98. The lowest BCUT2D eigenvalue weighted by Gasteiger charge is -2.28. The van der Waals surface area contributed by atoms with E-state index in [9.17, 15) is 28.8 Å². The maximum absolute atomic E-state index is 9.98. The van der Waals surface area contributed by atoms with Crippen molar-refractivity contribution in [3.8, 4) is 61.3 Å². The first kappa shape index (κ1) is 13.4. The van der Waals surface area contributed by atoms with E-state index in [1.807, 2.05) is 0 Å². The zero-order valence-corrected chi connectivity index (χ0v) is 30.9. The number of anilines is 3. The maximum atomic E-state index is 9.98. The van der Waals surface area contributed by atoms with Crippen LogP contribution in [-0.4, -0.2) is 4.57 Å². The number of benzene rings is 10. The summed E-state index contributed by atoms with van der Waals surface area (Å²) in [7, 11) is 0. The second kappa shape index (κ2) is 16.1. The van der Waals surface area contributed by atoms with Gasteiger partial charge in [-0.2, -0.15) is 0 Å². The molecule has 0 aliphatic rings. The zero-order valence-electron chi connectivity index (χ0n) is 72.9. The number of aromatic nitrogens is 1. The van der Waals surface area contributed by atoms with Crippen LogP contribution in [0.25, 0.3) is 83.1 Å². The topological polar surface area (TPSA) is 8.17 Å². The van der Waals surface area contributed by atoms with Crippen LogP contribution in [0.4, 0.5) is 17.1 Å². The quantitative estimate of drug-likeness (QED) is 0.141. The SMILES string of the molecule is [2H]c1c([2H])c([2H])c(-c2c([2H])c([2H])c(-c3c([2H])c([2H])c([2H])c([2H])c3N(c3c([2H])c([2H])c(-c4c([2H])c([2H])c([2H])c([2H])c4[2H])c([2H])c3[2H])c3c([2H])c([2H])c(-c4c([2H])c([2H])c5c(c4[2H])c4c([2H])c([2H])c([2H])c([2H])c4n5-c4c([2H])c([2H])c([2H])c(-c5c([2H])c([2H])c([2H])c([2H])c5[2H])c4[2H])c([2H])c3[2H])c([2H])c2[2H])c([2H])c1[2H]. The molecule has 0 aliphatic carbocycles. The van der Waals surface area contributed by atoms with Crippen LogP contribution in [0.15, 0.2) is 254 Å². The van der Waals surface area contributed by atoms with Gasteiger partial charge in [-0.25, -0.2) is 0 Å². The van der Waals surface area contributed by atoms with E-state index in [0.717, 1.165) is 0 Å². The van der Waals surface area contributed by atoms with Crippen LogP contribution in [0.2, 0.25) is 0 Å². The van der Waals surface area contributed by atoms with Gasteiger partial charge in [0.15, 0.2) is 0 Å². The molecule has 0 amide bonds. The van der Waals surface area contributed by atoms with Gasteiger partial charge >= 0.3 is 0 Å². The number of rotatable bonds is 9. The van der Waals surface area contributed by atoms with Crippen molar-refractivity contribution in [1.82, 2.24) is 4.57 Å². The van der Waals surface area contributed by atoms with Gasteiger partial charge in [-0.15, -0.1) is 0 Å². The summed E-state index contributed by atoms with van der Waals surface area (Å²) in [6, 6.07) is -49.6. The van der Waals surface area contributed by atoms with Gasteiger partial charge < -0.3 is 9.47 Å². The second-order valence-electron chi connectivity index (χ2n) is 12.5. The Balaban J connectivity index is 1.31. The van der Waals surface area contributed by atoms with Crippen LogP contribution in [-0.2, 0) is 0 Å². The van der Waals surface area contributed by atoms with E-state index in [1.165, 1.54) is 0 Å². The van der Waals surface area contributed by atoms with Crippen molar-refractivity contribution in [3.63, 3.8) is 0 Å². The van der Waals surface area contributed by atoms with Crippen LogP contribution < -0.4 is 4.90 Å². The standard InChI is InChI=1S/C60H42N2/c1-4-15-43(16-5-1)46-27-29-49(30-28-46)55-23-10-12-25-58(55)61(52-36-31-47(32-37-52)44-17-6-2-7-18-44)53-38-33-48(34-39-53)51-35-40-60-57(42-51)56-24-11-13-26-59(56)62(60)54-22-14-21-50(41-54)45-19-8-3-9-20-45/h1-42H/i1D,2D,3D,4D,5D,6D,7D,8D,9D,10D,11D,12D,13D,14D,15D,16D,17D,18D,19D,20D,21D,22D,23D,24D,25D,26D,27D,28D,29D,30D,31D,32D,33D,34D,35D,36D,37D,38D,39D,40D,41D,42D. The Hall–Kier alpha value is -8.20. The molecule has 1 aromatic heterocycles. The Kier molecular flexibility index (Phi) is 3.48. The summed E-state index contributed by atoms with van der Waals surface area (Å²) in [6.45, 7) is 0. The molecule has 0 bridgehead atoms. The summed E-state index contributed by atoms with van der Waals surface area (Å²) in [5, 5.41) is -1.63. The summed E-state index contributed by atoms with van der Waals surface area (Å²) >= 11 is 0. The van der Waals surface area contributed by atoms with Gasteiger partial charge in [-0.05, 0) is 110 Å². The summed E-state index contributed by atoms with van der Waals surface area (Å²) in [5.41, 5.74) is -17.2. The second-order valence-corrected chi connectivity index (χ2v) is 12.5. The first-order valence-corrected chi connectivity index (χ1v) is 17.8. The van der Waals surface area contributed by atoms with Crippen LogP contribution in [0.1, 0.15) is 57.6 Å². The van der Waals surface area contributed by atoms with Crippen LogP contribution in [0, 0.1) is 0 Å². The Labute approximate surface area is 421 Å². The molecule has 0 fully saturated rings. The van der Waals surface area contributed by atoms with Crippen molar-refractivity contribution >= 4 is 38.9 Å². The molecule has 0 N–H and O–H groups in total. The number of nitrogens with zero attached hydrogens (tertiary/aromatic N) is 2. The molecule has 0 saturated heterocycles. The molecule has 0 unspecified atom stereocenters. The van der Waals surface area contributed by atoms with Gasteiger partial charge in [0.2, 0.25) is 0 Å². The van der Waals surface area contributed by atoms with Gasteiger partial charge in [-0.1, -0.05) is 193 Å². The summed E-state index contributed by atoms with van der Waals surface area (Å²) in [5.74, 6) is 0. The van der Waals surface area contributed by atoms with Gasteiger partial charge in [0.25, 0.3) is 0 Å². The van der Waals surface area contributed by atoms with E-state index in [1.54, 1.807) is 0 Å². The van der Waals surface area contributed by atoms with Crippen molar-refractivity contribution in [1.29, 1.82) is 0 Å². The normalized spacial score (nSPS) is 20.7. The van der Waals surface area contributed by atoms with E-state index in [2.05, 4.69) is 0 Å². The monoisotopic (exact) mass is 833 g/mol. The number of hydrogen-bond acceptors (Lipinski definition) is 1. The average molecular weight is 833 g/mol. The summed E-state index contributed by atoms with van der Waals surface area (Å²) < 4.78 is 382. The summed E-state index contributed by atoms with van der Waals surface area (Å²) in [4.78, 5) is 0.157. The fourth-order valence-electron chi connectivity index (χ4n) is 6.20. The lowest BCUT2D eigenvalue weighted by molar-refractivity contribution is 1.18. The highest BCUT2D eigenvalue weighted by Crippen LogP contribution is 2.43. The van der Waals surface area contributed by atoms with Crippen molar-refractivity contribution in [2.24, 2.45) is 0 Å². The molecule has 0 aliphatic heterocycles. The fraction of sp³-hybridized carbons (Fsp3) is 0. The molecule has 2 nitrogen and oxygen atoms in total. The van der Waals surface area contributed by atoms with Crippen molar-refractivity contribution in [2.75, 3.05) is 4.90 Å². The molecule has 292 valence electrons.